The second-order valence-corrected chi connectivity index (χ2v) is 10.5. The minimum Gasteiger partial charge on any atom is -0.481 e. The molecule has 2 aromatic heterocycles. The first-order valence-corrected chi connectivity index (χ1v) is 14.2. The van der Waals surface area contributed by atoms with E-state index in [0.717, 1.165) is 40.8 Å². The predicted molar refractivity (Wildman–Crippen MR) is 161 cm³/mol. The number of benzene rings is 3. The van der Waals surface area contributed by atoms with Gasteiger partial charge < -0.3 is 10.4 Å². The third-order valence-electron chi connectivity index (χ3n) is 6.98. The van der Waals surface area contributed by atoms with Crippen molar-refractivity contribution in [2.75, 3.05) is 0 Å². The smallest absolute Gasteiger partial charge is 0.365 e. The molecular formula is C31H30ClN7O4. The van der Waals surface area contributed by atoms with Gasteiger partial charge in [0, 0.05) is 22.3 Å². The summed E-state index contributed by atoms with van der Waals surface area (Å²) < 4.78 is 3.02. The summed E-state index contributed by atoms with van der Waals surface area (Å²) in [6, 6.07) is 23.6. The Balaban J connectivity index is 1.34. The molecule has 43 heavy (non-hydrogen) atoms. The Kier molecular flexibility index (Phi) is 9.11. The number of carboxylic acids is 1. The molecule has 0 saturated heterocycles. The molecule has 5 rings (SSSR count). The lowest BCUT2D eigenvalue weighted by Crippen LogP contribution is -2.38. The summed E-state index contributed by atoms with van der Waals surface area (Å²) in [5.74, 6) is -1.46. The van der Waals surface area contributed by atoms with Gasteiger partial charge in [-0.2, -0.15) is 9.78 Å². The second-order valence-electron chi connectivity index (χ2n) is 10.1. The van der Waals surface area contributed by atoms with Crippen molar-refractivity contribution in [2.24, 2.45) is 0 Å². The van der Waals surface area contributed by atoms with Crippen LogP contribution in [-0.2, 0) is 24.2 Å². The zero-order valence-corrected chi connectivity index (χ0v) is 24.2. The number of nitrogens with one attached hydrogen (secondary N) is 2. The van der Waals surface area contributed by atoms with Crippen molar-refractivity contribution in [1.29, 1.82) is 0 Å². The van der Waals surface area contributed by atoms with Gasteiger partial charge >= 0.3 is 11.7 Å². The van der Waals surface area contributed by atoms with Crippen LogP contribution in [0.4, 0.5) is 0 Å². The zero-order chi connectivity index (χ0) is 30.3. The van der Waals surface area contributed by atoms with Gasteiger partial charge in [0.2, 0.25) is 0 Å². The molecule has 1 unspecified atom stereocenters. The topological polar surface area (TPSA) is 148 Å². The first-order valence-electron chi connectivity index (χ1n) is 13.8. The maximum Gasteiger partial charge on any atom is 0.365 e. The number of hydrogen-bond acceptors (Lipinski definition) is 6. The van der Waals surface area contributed by atoms with Crippen molar-refractivity contribution < 1.29 is 14.7 Å². The fourth-order valence-corrected chi connectivity index (χ4v) is 5.17. The van der Waals surface area contributed by atoms with Gasteiger partial charge in [-0.1, -0.05) is 85.6 Å². The highest BCUT2D eigenvalue weighted by Crippen LogP contribution is 2.26. The van der Waals surface area contributed by atoms with Gasteiger partial charge in [-0.25, -0.2) is 9.89 Å². The lowest BCUT2D eigenvalue weighted by molar-refractivity contribution is -0.137. The summed E-state index contributed by atoms with van der Waals surface area (Å²) in [4.78, 5) is 36.9. The van der Waals surface area contributed by atoms with Crippen molar-refractivity contribution in [2.45, 2.75) is 45.2 Å². The lowest BCUT2D eigenvalue weighted by Gasteiger charge is -2.17. The average molecular weight is 600 g/mol. The van der Waals surface area contributed by atoms with Crippen molar-refractivity contribution in [1.82, 2.24) is 35.3 Å². The van der Waals surface area contributed by atoms with Crippen LogP contribution in [0.25, 0.3) is 16.8 Å². The third kappa shape index (κ3) is 7.07. The van der Waals surface area contributed by atoms with E-state index in [0.29, 0.717) is 17.3 Å². The minimum atomic E-state index is -1.02. The van der Waals surface area contributed by atoms with E-state index in [1.165, 1.54) is 4.68 Å². The second kappa shape index (κ2) is 13.3. The molecule has 0 aliphatic rings. The number of rotatable bonds is 12. The zero-order valence-electron chi connectivity index (χ0n) is 23.4. The van der Waals surface area contributed by atoms with E-state index in [-0.39, 0.29) is 18.5 Å². The molecule has 0 spiro atoms. The SMILES string of the molecule is CCCc1cc(C(=O)NC(CC(=O)O)Cc2ccccc2Cl)nn1Cc1ccc(-c2ccccc2-n2nn[nH]c2=O)cc1. The standard InChI is InChI=1S/C31H30ClN7O4/c1-2-7-24-18-27(30(42)33-23(17-29(40)41)16-22-8-3-5-10-26(22)32)35-38(24)19-20-12-14-21(15-13-20)25-9-4-6-11-28(25)39-31(43)34-36-37-39/h3-6,8-15,18,23H,2,7,16-17,19H2,1H3,(H,33,42)(H,40,41)(H,34,37,43). The molecule has 3 aromatic carbocycles. The van der Waals surface area contributed by atoms with Crippen LogP contribution in [0, 0.1) is 0 Å². The van der Waals surface area contributed by atoms with Gasteiger partial charge in [-0.15, -0.1) is 0 Å². The molecule has 0 saturated carbocycles. The van der Waals surface area contributed by atoms with Crippen LogP contribution in [0.1, 0.15) is 47.1 Å². The fraction of sp³-hybridized carbons (Fsp3) is 0.226. The average Bonchev–Trinajstić information content (AvgIpc) is 3.60. The Labute approximate surface area is 252 Å². The van der Waals surface area contributed by atoms with Gasteiger partial charge in [0.05, 0.1) is 18.7 Å². The molecule has 2 heterocycles. The Bertz CT molecular complexity index is 1790. The molecule has 3 N–H and O–H groups in total. The minimum absolute atomic E-state index is 0.224. The number of aromatic amines is 1. The number of carboxylic acid groups (broad SMARTS) is 1. The van der Waals surface area contributed by atoms with Gasteiger partial charge in [-0.3, -0.25) is 14.3 Å². The molecule has 0 aliphatic heterocycles. The van der Waals surface area contributed by atoms with Crippen molar-refractivity contribution in [3.8, 4) is 16.8 Å². The molecule has 5 aromatic rings. The van der Waals surface area contributed by atoms with E-state index in [4.69, 9.17) is 11.6 Å². The van der Waals surface area contributed by atoms with Gasteiger partial charge in [-0.05, 0) is 58.2 Å². The normalized spacial score (nSPS) is 11.8. The first kappa shape index (κ1) is 29.5. The number of aliphatic carboxylic acids is 1. The third-order valence-corrected chi connectivity index (χ3v) is 7.35. The monoisotopic (exact) mass is 599 g/mol. The molecule has 220 valence electrons. The van der Waals surface area contributed by atoms with Crippen molar-refractivity contribution in [3.63, 3.8) is 0 Å². The summed E-state index contributed by atoms with van der Waals surface area (Å²) in [7, 11) is 0. The van der Waals surface area contributed by atoms with E-state index in [1.54, 1.807) is 28.9 Å². The number of amides is 1. The number of aryl methyl sites for hydroxylation is 1. The quantitative estimate of drug-likeness (QED) is 0.194. The molecule has 1 amide bonds. The number of H-pyrrole nitrogens is 1. The summed E-state index contributed by atoms with van der Waals surface area (Å²) in [5.41, 5.74) is 4.74. The van der Waals surface area contributed by atoms with Gasteiger partial charge in [0.1, 0.15) is 5.69 Å². The van der Waals surface area contributed by atoms with E-state index in [1.807, 2.05) is 54.6 Å². The number of hydrogen-bond donors (Lipinski definition) is 3. The molecule has 0 fully saturated rings. The number of carbonyl (C=O) groups is 2. The number of halogens is 1. The molecule has 12 heteroatoms. The van der Waals surface area contributed by atoms with Crippen LogP contribution >= 0.6 is 11.6 Å². The summed E-state index contributed by atoms with van der Waals surface area (Å²) >= 11 is 6.28. The number of carbonyl (C=O) groups excluding carboxylic acids is 1. The Morgan fingerprint density at radius 1 is 1.05 bits per heavy atom. The molecule has 0 radical (unpaired) electrons. The number of aromatic nitrogens is 6. The van der Waals surface area contributed by atoms with E-state index < -0.39 is 23.6 Å². The number of nitrogens with zero attached hydrogens (tertiary/aromatic N) is 5. The predicted octanol–water partition coefficient (Wildman–Crippen LogP) is 4.29. The molecule has 11 nitrogen and oxygen atoms in total. The summed E-state index contributed by atoms with van der Waals surface area (Å²) in [5, 5.41) is 27.2. The van der Waals surface area contributed by atoms with Crippen LogP contribution in [0.5, 0.6) is 0 Å². The Morgan fingerprint density at radius 3 is 2.49 bits per heavy atom. The first-order chi connectivity index (χ1) is 20.8. The fourth-order valence-electron chi connectivity index (χ4n) is 4.95. The largest absolute Gasteiger partial charge is 0.481 e. The van der Waals surface area contributed by atoms with Gasteiger partial charge in [0.15, 0.2) is 0 Å². The molecule has 1 atom stereocenters. The van der Waals surface area contributed by atoms with Crippen LogP contribution in [0.15, 0.2) is 83.7 Å². The Hall–Kier alpha value is -5.03. The van der Waals surface area contributed by atoms with Crippen molar-refractivity contribution in [3.05, 3.63) is 117 Å². The van der Waals surface area contributed by atoms with Crippen LogP contribution < -0.4 is 11.0 Å². The highest BCUT2D eigenvalue weighted by atomic mass is 35.5. The molecular weight excluding hydrogens is 570 g/mol. The Morgan fingerprint density at radius 2 is 1.79 bits per heavy atom. The maximum atomic E-state index is 13.2. The lowest BCUT2D eigenvalue weighted by atomic mass is 10.0. The number of tetrazole rings is 1. The van der Waals surface area contributed by atoms with Crippen LogP contribution in [-0.4, -0.2) is 53.0 Å². The number of para-hydroxylation sites is 1. The maximum absolute atomic E-state index is 13.2. The molecule has 0 bridgehead atoms. The van der Waals surface area contributed by atoms with E-state index in [9.17, 15) is 19.5 Å². The van der Waals surface area contributed by atoms with Crippen molar-refractivity contribution >= 4 is 23.5 Å². The van der Waals surface area contributed by atoms with Crippen LogP contribution in [0.3, 0.4) is 0 Å². The van der Waals surface area contributed by atoms with E-state index in [2.05, 4.69) is 32.9 Å². The summed E-state index contributed by atoms with van der Waals surface area (Å²) in [6.45, 7) is 2.49. The summed E-state index contributed by atoms with van der Waals surface area (Å²) in [6.07, 6.45) is 1.61. The van der Waals surface area contributed by atoms with Gasteiger partial charge in [0.25, 0.3) is 5.91 Å². The van der Waals surface area contributed by atoms with E-state index >= 15 is 0 Å². The molecule has 0 aliphatic carbocycles. The van der Waals surface area contributed by atoms with Crippen LogP contribution in [0.2, 0.25) is 5.02 Å². The highest BCUT2D eigenvalue weighted by Gasteiger charge is 2.21. The highest BCUT2D eigenvalue weighted by molar-refractivity contribution is 6.31.